The Labute approximate surface area is 121 Å². The molecule has 0 radical (unpaired) electrons. The highest BCUT2D eigenvalue weighted by Gasteiger charge is 2.13. The first-order chi connectivity index (χ1) is 9.99. The Morgan fingerprint density at radius 2 is 1.48 bits per heavy atom. The Bertz CT molecular complexity index is 902. The number of nitrogen functional groups attached to an aromatic ring is 1. The molecule has 5 heteroatoms. The smallest absolute Gasteiger partial charge is 0.328 e. The predicted octanol–water partition coefficient (Wildman–Crippen LogP) is 1.69. The lowest BCUT2D eigenvalue weighted by molar-refractivity contribution is 0.103. The Morgan fingerprint density at radius 3 is 2.14 bits per heavy atom. The second-order valence-corrected chi connectivity index (χ2v) is 5.06. The lowest BCUT2D eigenvalue weighted by Gasteiger charge is -2.03. The fraction of sp³-hybridized carbons (Fsp3) is 0.125. The van der Waals surface area contributed by atoms with Crippen LogP contribution in [0.15, 0.2) is 47.3 Å². The zero-order valence-electron chi connectivity index (χ0n) is 11.8. The van der Waals surface area contributed by atoms with Crippen LogP contribution < -0.4 is 11.4 Å². The maximum Gasteiger partial charge on any atom is 0.328 e. The van der Waals surface area contributed by atoms with Crippen molar-refractivity contribution < 1.29 is 4.79 Å². The molecule has 21 heavy (non-hydrogen) atoms. The number of carbonyl (C=O) groups is 1. The van der Waals surface area contributed by atoms with Crippen LogP contribution in [0, 0.1) is 0 Å². The standard InChI is InChI=1S/C16H15N3O2/c1-18-13-8-5-11(9-14(13)19(2)16(18)21)15(20)10-3-6-12(17)7-4-10/h3-9H,17H2,1-2H3. The van der Waals surface area contributed by atoms with E-state index in [9.17, 15) is 9.59 Å². The molecule has 2 aromatic carbocycles. The van der Waals surface area contributed by atoms with E-state index in [0.29, 0.717) is 16.8 Å². The number of imidazole rings is 1. The van der Waals surface area contributed by atoms with E-state index < -0.39 is 0 Å². The maximum atomic E-state index is 12.5. The second-order valence-electron chi connectivity index (χ2n) is 5.06. The van der Waals surface area contributed by atoms with Gasteiger partial charge in [0.15, 0.2) is 5.78 Å². The van der Waals surface area contributed by atoms with Crippen molar-refractivity contribution in [3.8, 4) is 0 Å². The van der Waals surface area contributed by atoms with Gasteiger partial charge in [-0.3, -0.25) is 13.9 Å². The number of hydrogen-bond donors (Lipinski definition) is 1. The molecule has 0 aliphatic heterocycles. The molecule has 2 N–H and O–H groups in total. The molecule has 1 aromatic heterocycles. The van der Waals surface area contributed by atoms with E-state index in [-0.39, 0.29) is 11.5 Å². The van der Waals surface area contributed by atoms with Gasteiger partial charge in [-0.25, -0.2) is 4.79 Å². The summed E-state index contributed by atoms with van der Waals surface area (Å²) < 4.78 is 3.10. The third-order valence-corrected chi connectivity index (χ3v) is 3.71. The highest BCUT2D eigenvalue weighted by atomic mass is 16.1. The van der Waals surface area contributed by atoms with Crippen LogP contribution in [0.4, 0.5) is 5.69 Å². The topological polar surface area (TPSA) is 70.0 Å². The number of fused-ring (bicyclic) bond motifs is 1. The SMILES string of the molecule is Cn1c(=O)n(C)c2cc(C(=O)c3ccc(N)cc3)ccc21. The van der Waals surface area contributed by atoms with Gasteiger partial charge in [0.05, 0.1) is 11.0 Å². The Hall–Kier alpha value is -2.82. The molecule has 0 aliphatic carbocycles. The normalized spacial score (nSPS) is 11.0. The third kappa shape index (κ3) is 2.03. The minimum atomic E-state index is -0.109. The molecular weight excluding hydrogens is 266 g/mol. The second kappa shape index (κ2) is 4.63. The average molecular weight is 281 g/mol. The van der Waals surface area contributed by atoms with Crippen LogP contribution in [-0.4, -0.2) is 14.9 Å². The third-order valence-electron chi connectivity index (χ3n) is 3.71. The number of rotatable bonds is 2. The molecule has 0 atom stereocenters. The molecule has 0 amide bonds. The van der Waals surface area contributed by atoms with Crippen molar-refractivity contribution in [2.45, 2.75) is 0 Å². The van der Waals surface area contributed by atoms with Gasteiger partial charge < -0.3 is 5.73 Å². The van der Waals surface area contributed by atoms with Gasteiger partial charge in [-0.15, -0.1) is 0 Å². The van der Waals surface area contributed by atoms with Crippen LogP contribution in [0.3, 0.4) is 0 Å². The van der Waals surface area contributed by atoms with E-state index in [1.54, 1.807) is 61.1 Å². The summed E-state index contributed by atoms with van der Waals surface area (Å²) in [6.45, 7) is 0. The summed E-state index contributed by atoms with van der Waals surface area (Å²) in [4.78, 5) is 24.4. The molecule has 0 fully saturated rings. The van der Waals surface area contributed by atoms with E-state index in [4.69, 9.17) is 5.73 Å². The van der Waals surface area contributed by atoms with Gasteiger partial charge >= 0.3 is 5.69 Å². The first kappa shape index (κ1) is 13.2. The zero-order valence-corrected chi connectivity index (χ0v) is 11.8. The molecule has 0 bridgehead atoms. The minimum Gasteiger partial charge on any atom is -0.399 e. The van der Waals surface area contributed by atoms with Gasteiger partial charge in [0.1, 0.15) is 0 Å². The van der Waals surface area contributed by atoms with Gasteiger partial charge in [-0.1, -0.05) is 0 Å². The molecule has 0 spiro atoms. The molecule has 0 saturated heterocycles. The maximum absolute atomic E-state index is 12.5. The number of benzene rings is 2. The van der Waals surface area contributed by atoms with Gasteiger partial charge in [-0.2, -0.15) is 0 Å². The summed E-state index contributed by atoms with van der Waals surface area (Å²) in [5.41, 5.74) is 8.80. The molecule has 106 valence electrons. The van der Waals surface area contributed by atoms with Gasteiger partial charge in [-0.05, 0) is 42.5 Å². The molecule has 0 saturated carbocycles. The van der Waals surface area contributed by atoms with Crippen LogP contribution in [0.25, 0.3) is 11.0 Å². The quantitative estimate of drug-likeness (QED) is 0.574. The number of nitrogens with two attached hydrogens (primary N) is 1. The van der Waals surface area contributed by atoms with E-state index in [1.807, 2.05) is 0 Å². The number of anilines is 1. The van der Waals surface area contributed by atoms with Crippen molar-refractivity contribution in [2.75, 3.05) is 5.73 Å². The van der Waals surface area contributed by atoms with E-state index in [1.165, 1.54) is 4.57 Å². The molecule has 3 rings (SSSR count). The lowest BCUT2D eigenvalue weighted by atomic mass is 10.0. The largest absolute Gasteiger partial charge is 0.399 e. The number of aromatic nitrogens is 2. The van der Waals surface area contributed by atoms with Crippen LogP contribution in [0.1, 0.15) is 15.9 Å². The summed E-state index contributed by atoms with van der Waals surface area (Å²) in [7, 11) is 3.41. The highest BCUT2D eigenvalue weighted by molar-refractivity contribution is 6.10. The molecule has 3 aromatic rings. The number of nitrogens with zero attached hydrogens (tertiary/aromatic N) is 2. The Balaban J connectivity index is 2.13. The summed E-state index contributed by atoms with van der Waals surface area (Å²) in [5.74, 6) is -0.0896. The van der Waals surface area contributed by atoms with Gasteiger partial charge in [0.2, 0.25) is 0 Å². The van der Waals surface area contributed by atoms with Crippen molar-refractivity contribution in [1.82, 2.24) is 9.13 Å². The lowest BCUT2D eigenvalue weighted by Crippen LogP contribution is -2.19. The average Bonchev–Trinajstić information content (AvgIpc) is 2.72. The number of hydrogen-bond acceptors (Lipinski definition) is 3. The summed E-state index contributed by atoms with van der Waals surface area (Å²) in [5, 5.41) is 0. The monoisotopic (exact) mass is 281 g/mol. The van der Waals surface area contributed by atoms with Crippen molar-refractivity contribution in [1.29, 1.82) is 0 Å². The Kier molecular flexibility index (Phi) is 2.90. The molecule has 0 aliphatic rings. The predicted molar refractivity (Wildman–Crippen MR) is 82.4 cm³/mol. The summed E-state index contributed by atoms with van der Waals surface area (Å²) in [6, 6.07) is 12.1. The van der Waals surface area contributed by atoms with Crippen LogP contribution in [0.5, 0.6) is 0 Å². The van der Waals surface area contributed by atoms with Crippen molar-refractivity contribution >= 4 is 22.5 Å². The van der Waals surface area contributed by atoms with Crippen LogP contribution in [-0.2, 0) is 14.1 Å². The fourth-order valence-corrected chi connectivity index (χ4v) is 2.45. The van der Waals surface area contributed by atoms with Crippen LogP contribution >= 0.6 is 0 Å². The summed E-state index contributed by atoms with van der Waals surface area (Å²) >= 11 is 0. The van der Waals surface area contributed by atoms with E-state index in [2.05, 4.69) is 0 Å². The number of aryl methyl sites for hydroxylation is 2. The minimum absolute atomic E-state index is 0.0896. The number of carbonyl (C=O) groups excluding carboxylic acids is 1. The summed E-state index contributed by atoms with van der Waals surface area (Å²) in [6.07, 6.45) is 0. The van der Waals surface area contributed by atoms with Crippen molar-refractivity contribution in [3.63, 3.8) is 0 Å². The molecule has 0 unspecified atom stereocenters. The molecule has 1 heterocycles. The highest BCUT2D eigenvalue weighted by Crippen LogP contribution is 2.17. The van der Waals surface area contributed by atoms with E-state index in [0.717, 1.165) is 11.0 Å². The molecule has 5 nitrogen and oxygen atoms in total. The zero-order chi connectivity index (χ0) is 15.1. The van der Waals surface area contributed by atoms with Crippen LogP contribution in [0.2, 0.25) is 0 Å². The fourth-order valence-electron chi connectivity index (χ4n) is 2.45. The van der Waals surface area contributed by atoms with Crippen molar-refractivity contribution in [3.05, 3.63) is 64.1 Å². The first-order valence-corrected chi connectivity index (χ1v) is 6.55. The molecular formula is C16H15N3O2. The number of ketones is 1. The van der Waals surface area contributed by atoms with E-state index >= 15 is 0 Å². The van der Waals surface area contributed by atoms with Gasteiger partial charge in [0.25, 0.3) is 0 Å². The Morgan fingerprint density at radius 1 is 0.905 bits per heavy atom. The van der Waals surface area contributed by atoms with Crippen molar-refractivity contribution in [2.24, 2.45) is 14.1 Å². The van der Waals surface area contributed by atoms with Gasteiger partial charge in [0, 0.05) is 30.9 Å². The first-order valence-electron chi connectivity index (χ1n) is 6.55.